The van der Waals surface area contributed by atoms with Crippen LogP contribution in [0.3, 0.4) is 0 Å². The first-order valence-electron chi connectivity index (χ1n) is 10.3. The van der Waals surface area contributed by atoms with Crippen molar-refractivity contribution in [2.75, 3.05) is 51.7 Å². The van der Waals surface area contributed by atoms with Gasteiger partial charge in [0.1, 0.15) is 16.5 Å². The first kappa shape index (κ1) is 22.0. The fourth-order valence-electron chi connectivity index (χ4n) is 3.97. The van der Waals surface area contributed by atoms with Gasteiger partial charge in [0.25, 0.3) is 0 Å². The SMILES string of the molecule is CN(C)Cc1nc(N2CCCN(CC(F)(F)F)CC2)c2c(-c3ccccc3)csc2n1. The maximum absolute atomic E-state index is 12.9. The Bertz CT molecular complexity index is 1020. The molecule has 9 heteroatoms. The highest BCUT2D eigenvalue weighted by atomic mass is 32.1. The molecule has 0 radical (unpaired) electrons. The summed E-state index contributed by atoms with van der Waals surface area (Å²) in [5, 5.41) is 3.09. The van der Waals surface area contributed by atoms with Gasteiger partial charge in [-0.15, -0.1) is 11.3 Å². The second-order valence-corrected chi connectivity index (χ2v) is 8.99. The third-order valence-corrected chi connectivity index (χ3v) is 6.17. The second kappa shape index (κ2) is 9.10. The van der Waals surface area contributed by atoms with Crippen LogP contribution in [0.15, 0.2) is 35.7 Å². The van der Waals surface area contributed by atoms with Crippen LogP contribution in [0.2, 0.25) is 0 Å². The summed E-state index contributed by atoms with van der Waals surface area (Å²) in [6, 6.07) is 10.1. The third kappa shape index (κ3) is 5.34. The summed E-state index contributed by atoms with van der Waals surface area (Å²) < 4.78 is 38.7. The number of anilines is 1. The number of rotatable bonds is 5. The molecular weight excluding hydrogens is 423 g/mol. The van der Waals surface area contributed by atoms with E-state index in [9.17, 15) is 13.2 Å². The molecule has 31 heavy (non-hydrogen) atoms. The van der Waals surface area contributed by atoms with Crippen molar-refractivity contribution in [1.29, 1.82) is 0 Å². The van der Waals surface area contributed by atoms with E-state index in [0.717, 1.165) is 33.0 Å². The largest absolute Gasteiger partial charge is 0.401 e. The van der Waals surface area contributed by atoms with Gasteiger partial charge < -0.3 is 9.80 Å². The molecule has 0 aliphatic carbocycles. The van der Waals surface area contributed by atoms with Gasteiger partial charge >= 0.3 is 6.18 Å². The first-order chi connectivity index (χ1) is 14.8. The van der Waals surface area contributed by atoms with Crippen molar-refractivity contribution in [3.05, 3.63) is 41.5 Å². The van der Waals surface area contributed by atoms with Gasteiger partial charge in [-0.3, -0.25) is 4.90 Å². The Hall–Kier alpha value is -2.23. The minimum absolute atomic E-state index is 0.360. The van der Waals surface area contributed by atoms with Gasteiger partial charge in [-0.2, -0.15) is 13.2 Å². The molecule has 0 bridgehead atoms. The minimum atomic E-state index is -4.18. The van der Waals surface area contributed by atoms with E-state index in [-0.39, 0.29) is 0 Å². The summed E-state index contributed by atoms with van der Waals surface area (Å²) in [6.45, 7) is 1.72. The van der Waals surface area contributed by atoms with Crippen LogP contribution in [0.1, 0.15) is 12.2 Å². The number of hydrogen-bond donors (Lipinski definition) is 0. The molecule has 1 fully saturated rings. The molecule has 166 valence electrons. The normalized spacial score (nSPS) is 16.3. The highest BCUT2D eigenvalue weighted by molar-refractivity contribution is 7.17. The van der Waals surface area contributed by atoms with Crippen LogP contribution in [0.5, 0.6) is 0 Å². The highest BCUT2D eigenvalue weighted by Crippen LogP contribution is 2.38. The van der Waals surface area contributed by atoms with E-state index < -0.39 is 12.7 Å². The van der Waals surface area contributed by atoms with E-state index in [1.807, 2.05) is 37.2 Å². The lowest BCUT2D eigenvalue weighted by atomic mass is 10.1. The molecule has 1 aliphatic heterocycles. The summed E-state index contributed by atoms with van der Waals surface area (Å²) in [5.41, 5.74) is 2.16. The van der Waals surface area contributed by atoms with Gasteiger partial charge in [-0.1, -0.05) is 30.3 Å². The van der Waals surface area contributed by atoms with Gasteiger partial charge in [0.15, 0.2) is 0 Å². The van der Waals surface area contributed by atoms with Gasteiger partial charge in [0.2, 0.25) is 0 Å². The van der Waals surface area contributed by atoms with Crippen molar-refractivity contribution in [2.24, 2.45) is 0 Å². The zero-order valence-electron chi connectivity index (χ0n) is 17.7. The Labute approximate surface area is 184 Å². The quantitative estimate of drug-likeness (QED) is 0.573. The molecule has 4 rings (SSSR count). The van der Waals surface area contributed by atoms with Gasteiger partial charge in [0.05, 0.1) is 18.5 Å². The number of hydrogen-bond acceptors (Lipinski definition) is 6. The van der Waals surface area contributed by atoms with Crippen molar-refractivity contribution in [3.63, 3.8) is 0 Å². The van der Waals surface area contributed by atoms with Crippen LogP contribution in [0.25, 0.3) is 21.3 Å². The molecule has 0 amide bonds. The van der Waals surface area contributed by atoms with Crippen molar-refractivity contribution < 1.29 is 13.2 Å². The minimum Gasteiger partial charge on any atom is -0.355 e. The molecule has 5 nitrogen and oxygen atoms in total. The van der Waals surface area contributed by atoms with Crippen molar-refractivity contribution in [1.82, 2.24) is 19.8 Å². The number of halogens is 3. The molecule has 0 unspecified atom stereocenters. The van der Waals surface area contributed by atoms with E-state index >= 15 is 0 Å². The number of alkyl halides is 3. The Morgan fingerprint density at radius 3 is 2.52 bits per heavy atom. The maximum atomic E-state index is 12.9. The molecule has 1 aromatic carbocycles. The van der Waals surface area contributed by atoms with Crippen LogP contribution in [-0.4, -0.2) is 72.8 Å². The van der Waals surface area contributed by atoms with Crippen LogP contribution in [-0.2, 0) is 6.54 Å². The predicted molar refractivity (Wildman–Crippen MR) is 120 cm³/mol. The average Bonchev–Trinajstić information content (AvgIpc) is 2.99. The lowest BCUT2D eigenvalue weighted by molar-refractivity contribution is -0.145. The Morgan fingerprint density at radius 1 is 1.03 bits per heavy atom. The van der Waals surface area contributed by atoms with Crippen molar-refractivity contribution in [3.8, 4) is 11.1 Å². The Kier molecular flexibility index (Phi) is 6.45. The maximum Gasteiger partial charge on any atom is 0.401 e. The standard InChI is InChI=1S/C22H26F3N5S/c1-28(2)13-18-26-20(30-10-6-9-29(11-12-30)15-22(23,24)25)19-17(14-31-21(19)27-18)16-7-4-3-5-8-16/h3-5,7-8,14H,6,9-13,15H2,1-2H3. The second-order valence-electron chi connectivity index (χ2n) is 8.13. The van der Waals surface area contributed by atoms with Crippen LogP contribution in [0, 0.1) is 0 Å². The molecule has 0 spiro atoms. The summed E-state index contributed by atoms with van der Waals surface area (Å²) in [5.74, 6) is 1.56. The average molecular weight is 450 g/mol. The van der Waals surface area contributed by atoms with E-state index in [0.29, 0.717) is 39.1 Å². The van der Waals surface area contributed by atoms with E-state index in [2.05, 4.69) is 22.4 Å². The summed E-state index contributed by atoms with van der Waals surface area (Å²) in [6.07, 6.45) is -3.51. The van der Waals surface area contributed by atoms with E-state index in [1.54, 1.807) is 11.3 Å². The van der Waals surface area contributed by atoms with Gasteiger partial charge in [-0.25, -0.2) is 9.97 Å². The van der Waals surface area contributed by atoms with Crippen LogP contribution >= 0.6 is 11.3 Å². The zero-order valence-corrected chi connectivity index (χ0v) is 18.5. The van der Waals surface area contributed by atoms with Crippen LogP contribution in [0.4, 0.5) is 19.0 Å². The molecule has 2 aromatic heterocycles. The monoisotopic (exact) mass is 449 g/mol. The molecule has 0 atom stereocenters. The molecular formula is C22H26F3N5S. The fraction of sp³-hybridized carbons (Fsp3) is 0.455. The number of benzene rings is 1. The molecule has 0 N–H and O–H groups in total. The zero-order chi connectivity index (χ0) is 22.0. The Morgan fingerprint density at radius 2 is 1.81 bits per heavy atom. The molecule has 1 saturated heterocycles. The number of aromatic nitrogens is 2. The lowest BCUT2D eigenvalue weighted by Gasteiger charge is -2.25. The van der Waals surface area contributed by atoms with E-state index in [1.165, 1.54) is 4.90 Å². The molecule has 1 aliphatic rings. The number of nitrogens with zero attached hydrogens (tertiary/aromatic N) is 5. The summed E-state index contributed by atoms with van der Waals surface area (Å²) in [4.78, 5) is 16.2. The Balaban J connectivity index is 1.73. The van der Waals surface area contributed by atoms with Gasteiger partial charge in [0, 0.05) is 37.1 Å². The molecule has 0 saturated carbocycles. The third-order valence-electron chi connectivity index (χ3n) is 5.29. The summed E-state index contributed by atoms with van der Waals surface area (Å²) in [7, 11) is 3.94. The van der Waals surface area contributed by atoms with Crippen molar-refractivity contribution in [2.45, 2.75) is 19.1 Å². The highest BCUT2D eigenvalue weighted by Gasteiger charge is 2.32. The molecule has 3 aromatic rings. The van der Waals surface area contributed by atoms with Crippen molar-refractivity contribution >= 4 is 27.4 Å². The summed E-state index contributed by atoms with van der Waals surface area (Å²) >= 11 is 1.59. The van der Waals surface area contributed by atoms with Crippen LogP contribution < -0.4 is 4.90 Å². The first-order valence-corrected chi connectivity index (χ1v) is 11.2. The number of thiophene rings is 1. The topological polar surface area (TPSA) is 35.5 Å². The lowest BCUT2D eigenvalue weighted by Crippen LogP contribution is -2.37. The van der Waals surface area contributed by atoms with E-state index in [4.69, 9.17) is 9.97 Å². The van der Waals surface area contributed by atoms with Gasteiger partial charge in [-0.05, 0) is 26.1 Å². The predicted octanol–water partition coefficient (Wildman–Crippen LogP) is 4.49. The smallest absolute Gasteiger partial charge is 0.355 e. The fourth-order valence-corrected chi connectivity index (χ4v) is 4.93. The molecule has 3 heterocycles. The number of fused-ring (bicyclic) bond motifs is 1.